The van der Waals surface area contributed by atoms with Crippen LogP contribution < -0.4 is 10.6 Å². The van der Waals surface area contributed by atoms with Gasteiger partial charge >= 0.3 is 0 Å². The van der Waals surface area contributed by atoms with Crippen LogP contribution in [0.3, 0.4) is 0 Å². The predicted molar refractivity (Wildman–Crippen MR) is 81.3 cm³/mol. The van der Waals surface area contributed by atoms with Gasteiger partial charge in [-0.05, 0) is 30.9 Å². The molecular weight excluding hydrogens is 274 g/mol. The molecule has 1 aliphatic carbocycles. The minimum absolute atomic E-state index is 0.314. The molecule has 0 radical (unpaired) electrons. The van der Waals surface area contributed by atoms with Crippen molar-refractivity contribution in [1.29, 1.82) is 0 Å². The van der Waals surface area contributed by atoms with Gasteiger partial charge in [-0.1, -0.05) is 12.1 Å². The molecule has 0 atom stereocenters. The Bertz CT molecular complexity index is 566. The molecule has 1 saturated carbocycles. The number of hydrogen-bond donors (Lipinski definition) is 1. The van der Waals surface area contributed by atoms with Crippen LogP contribution in [0.25, 0.3) is 0 Å². The van der Waals surface area contributed by atoms with Gasteiger partial charge in [0, 0.05) is 33.7 Å². The molecule has 2 N–H and O–H groups in total. The van der Waals surface area contributed by atoms with E-state index in [0.717, 1.165) is 25.1 Å². The van der Waals surface area contributed by atoms with Crippen LogP contribution in [-0.2, 0) is 10.0 Å². The van der Waals surface area contributed by atoms with Crippen molar-refractivity contribution in [1.82, 2.24) is 4.31 Å². The largest absolute Gasteiger partial charge is 0.373 e. The second-order valence-corrected chi connectivity index (χ2v) is 7.85. The first-order valence-electron chi connectivity index (χ1n) is 6.80. The van der Waals surface area contributed by atoms with Gasteiger partial charge in [-0.2, -0.15) is 0 Å². The molecule has 20 heavy (non-hydrogen) atoms. The van der Waals surface area contributed by atoms with Crippen molar-refractivity contribution in [2.45, 2.75) is 23.8 Å². The summed E-state index contributed by atoms with van der Waals surface area (Å²) >= 11 is 0. The fraction of sp³-hybridized carbons (Fsp3) is 0.571. The number of nitrogens with two attached hydrogens (primary N) is 1. The van der Waals surface area contributed by atoms with Crippen molar-refractivity contribution in [3.63, 3.8) is 0 Å². The Labute approximate surface area is 121 Å². The monoisotopic (exact) mass is 297 g/mol. The van der Waals surface area contributed by atoms with Gasteiger partial charge in [-0.15, -0.1) is 0 Å². The third-order valence-electron chi connectivity index (χ3n) is 3.84. The third-order valence-corrected chi connectivity index (χ3v) is 5.70. The van der Waals surface area contributed by atoms with Gasteiger partial charge in [0.2, 0.25) is 10.0 Å². The third kappa shape index (κ3) is 2.97. The fourth-order valence-corrected chi connectivity index (χ4v) is 3.74. The maximum absolute atomic E-state index is 12.4. The Morgan fingerprint density at radius 3 is 2.35 bits per heavy atom. The summed E-state index contributed by atoms with van der Waals surface area (Å²) < 4.78 is 26.0. The van der Waals surface area contributed by atoms with Crippen LogP contribution in [0.5, 0.6) is 0 Å². The van der Waals surface area contributed by atoms with Crippen LogP contribution >= 0.6 is 0 Å². The van der Waals surface area contributed by atoms with Gasteiger partial charge in [-0.25, -0.2) is 12.7 Å². The number of para-hydroxylation sites is 1. The SMILES string of the molecule is CN(CC1CC(N)C1)c1ccccc1S(=O)(=O)N(C)C. The molecule has 2 rings (SSSR count). The fourth-order valence-electron chi connectivity index (χ4n) is 2.61. The van der Waals surface area contributed by atoms with Gasteiger partial charge in [0.15, 0.2) is 0 Å². The first-order valence-corrected chi connectivity index (χ1v) is 8.24. The number of rotatable bonds is 5. The smallest absolute Gasteiger partial charge is 0.244 e. The van der Waals surface area contributed by atoms with Crippen LogP contribution in [0.4, 0.5) is 5.69 Å². The second-order valence-electron chi connectivity index (χ2n) is 5.73. The highest BCUT2D eigenvalue weighted by Crippen LogP contribution is 2.31. The van der Waals surface area contributed by atoms with Crippen LogP contribution in [0.2, 0.25) is 0 Å². The van der Waals surface area contributed by atoms with E-state index in [1.54, 1.807) is 26.2 Å². The first-order chi connectivity index (χ1) is 9.32. The predicted octanol–water partition coefficient (Wildman–Crippen LogP) is 1.11. The van der Waals surface area contributed by atoms with Gasteiger partial charge in [-0.3, -0.25) is 0 Å². The standard InChI is InChI=1S/C14H23N3O2S/c1-16(2)20(18,19)14-7-5-4-6-13(14)17(3)10-11-8-12(15)9-11/h4-7,11-12H,8-10,15H2,1-3H3. The molecule has 6 heteroatoms. The normalized spacial score (nSPS) is 22.6. The van der Waals surface area contributed by atoms with E-state index >= 15 is 0 Å². The highest BCUT2D eigenvalue weighted by molar-refractivity contribution is 7.89. The zero-order chi connectivity index (χ0) is 14.9. The lowest BCUT2D eigenvalue weighted by Gasteiger charge is -2.36. The molecule has 0 aromatic heterocycles. The summed E-state index contributed by atoms with van der Waals surface area (Å²) in [5.74, 6) is 0.560. The molecule has 1 fully saturated rings. The summed E-state index contributed by atoms with van der Waals surface area (Å²) in [6.45, 7) is 0.841. The number of nitrogens with zero attached hydrogens (tertiary/aromatic N) is 2. The quantitative estimate of drug-likeness (QED) is 0.884. The van der Waals surface area contributed by atoms with Crippen molar-refractivity contribution in [2.24, 2.45) is 11.7 Å². The Morgan fingerprint density at radius 1 is 1.20 bits per heavy atom. The maximum Gasteiger partial charge on any atom is 0.244 e. The summed E-state index contributed by atoms with van der Waals surface area (Å²) in [5.41, 5.74) is 6.55. The average molecular weight is 297 g/mol. The Hall–Kier alpha value is -1.11. The Balaban J connectivity index is 2.23. The summed E-state index contributed by atoms with van der Waals surface area (Å²) in [6, 6.07) is 7.46. The number of sulfonamides is 1. The molecule has 1 aliphatic rings. The lowest BCUT2D eigenvalue weighted by atomic mass is 9.80. The molecule has 1 aromatic carbocycles. The van der Waals surface area contributed by atoms with Gasteiger partial charge < -0.3 is 10.6 Å². The molecular formula is C14H23N3O2S. The number of hydrogen-bond acceptors (Lipinski definition) is 4. The molecule has 0 spiro atoms. The molecule has 112 valence electrons. The van der Waals surface area contributed by atoms with E-state index in [2.05, 4.69) is 0 Å². The summed E-state index contributed by atoms with van der Waals surface area (Å²) in [6.07, 6.45) is 2.04. The maximum atomic E-state index is 12.4. The van der Waals surface area contributed by atoms with E-state index in [4.69, 9.17) is 5.73 Å². The molecule has 0 amide bonds. The molecule has 1 aromatic rings. The summed E-state index contributed by atoms with van der Waals surface area (Å²) in [7, 11) is 1.62. The minimum atomic E-state index is -3.42. The summed E-state index contributed by atoms with van der Waals surface area (Å²) in [4.78, 5) is 2.38. The van der Waals surface area contributed by atoms with E-state index in [1.165, 1.54) is 4.31 Å². The second kappa shape index (κ2) is 5.71. The Morgan fingerprint density at radius 2 is 1.80 bits per heavy atom. The van der Waals surface area contributed by atoms with Crippen molar-refractivity contribution in [2.75, 3.05) is 32.6 Å². The van der Waals surface area contributed by atoms with Gasteiger partial charge in [0.1, 0.15) is 4.90 Å². The van der Waals surface area contributed by atoms with E-state index in [9.17, 15) is 8.42 Å². The molecule has 0 heterocycles. The van der Waals surface area contributed by atoms with Gasteiger partial charge in [0.25, 0.3) is 0 Å². The number of benzene rings is 1. The number of anilines is 1. The van der Waals surface area contributed by atoms with Crippen LogP contribution in [0.15, 0.2) is 29.2 Å². The van der Waals surface area contributed by atoms with Crippen molar-refractivity contribution >= 4 is 15.7 Å². The van der Waals surface area contributed by atoms with Crippen LogP contribution in [-0.4, -0.2) is 46.5 Å². The zero-order valence-corrected chi connectivity index (χ0v) is 13.1. The van der Waals surface area contributed by atoms with E-state index in [-0.39, 0.29) is 0 Å². The van der Waals surface area contributed by atoms with Crippen molar-refractivity contribution < 1.29 is 8.42 Å². The zero-order valence-electron chi connectivity index (χ0n) is 12.3. The van der Waals surface area contributed by atoms with Crippen LogP contribution in [0.1, 0.15) is 12.8 Å². The molecule has 5 nitrogen and oxygen atoms in total. The Kier molecular flexibility index (Phi) is 4.36. The van der Waals surface area contributed by atoms with Gasteiger partial charge in [0.05, 0.1) is 5.69 Å². The van der Waals surface area contributed by atoms with E-state index in [0.29, 0.717) is 16.9 Å². The van der Waals surface area contributed by atoms with E-state index in [1.807, 2.05) is 24.1 Å². The van der Waals surface area contributed by atoms with E-state index < -0.39 is 10.0 Å². The van der Waals surface area contributed by atoms with Crippen molar-refractivity contribution in [3.05, 3.63) is 24.3 Å². The highest BCUT2D eigenvalue weighted by atomic mass is 32.2. The lowest BCUT2D eigenvalue weighted by molar-refractivity contribution is 0.271. The van der Waals surface area contributed by atoms with Crippen LogP contribution in [0, 0.1) is 5.92 Å². The molecule has 0 bridgehead atoms. The molecule has 0 saturated heterocycles. The molecule has 0 aliphatic heterocycles. The first kappa shape index (κ1) is 15.3. The topological polar surface area (TPSA) is 66.6 Å². The summed E-state index contributed by atoms with van der Waals surface area (Å²) in [5, 5.41) is 0. The average Bonchev–Trinajstić information content (AvgIpc) is 2.36. The lowest BCUT2D eigenvalue weighted by Crippen LogP contribution is -2.42. The van der Waals surface area contributed by atoms with Crippen molar-refractivity contribution in [3.8, 4) is 0 Å². The minimum Gasteiger partial charge on any atom is -0.373 e. The molecule has 0 unspecified atom stereocenters. The highest BCUT2D eigenvalue weighted by Gasteiger charge is 2.28.